The van der Waals surface area contributed by atoms with E-state index in [1.165, 1.54) is 9.47 Å². The molecule has 0 spiro atoms. The van der Waals surface area contributed by atoms with Gasteiger partial charge in [0.1, 0.15) is 11.6 Å². The van der Waals surface area contributed by atoms with Gasteiger partial charge in [0.15, 0.2) is 11.8 Å². The maximum absolute atomic E-state index is 13.2. The van der Waals surface area contributed by atoms with Crippen LogP contribution in [0, 0.1) is 5.92 Å². The highest BCUT2D eigenvalue weighted by molar-refractivity contribution is 9.10. The number of carbonyl (C=O) groups is 1. The van der Waals surface area contributed by atoms with Gasteiger partial charge in [-0.2, -0.15) is 0 Å². The Labute approximate surface area is 184 Å². The van der Waals surface area contributed by atoms with Gasteiger partial charge >= 0.3 is 5.69 Å². The number of rotatable bonds is 9. The number of ether oxygens (including phenoxy) is 1. The Hall–Kier alpha value is -2.55. The second kappa shape index (κ2) is 10.5. The molecule has 0 aliphatic heterocycles. The number of unbranched alkanes of at least 4 members (excludes halogenated alkanes) is 1. The van der Waals surface area contributed by atoms with Crippen LogP contribution in [-0.4, -0.2) is 28.1 Å². The van der Waals surface area contributed by atoms with Gasteiger partial charge in [-0.15, -0.1) is 0 Å². The van der Waals surface area contributed by atoms with Crippen LogP contribution in [0.5, 0.6) is 5.75 Å². The largest absolute Gasteiger partial charge is 0.481 e. The highest BCUT2D eigenvalue weighted by atomic mass is 79.9. The zero-order chi connectivity index (χ0) is 22.4. The van der Waals surface area contributed by atoms with Crippen LogP contribution < -0.4 is 26.6 Å². The van der Waals surface area contributed by atoms with E-state index < -0.39 is 23.3 Å². The molecule has 3 N–H and O–H groups in total. The molecule has 0 radical (unpaired) electrons. The van der Waals surface area contributed by atoms with Crippen LogP contribution >= 0.6 is 15.9 Å². The number of halogens is 1. The molecule has 8 nitrogen and oxygen atoms in total. The first kappa shape index (κ1) is 23.7. The normalized spacial score (nSPS) is 12.1. The first-order valence-corrected chi connectivity index (χ1v) is 10.8. The fraction of sp³-hybridized carbons (Fsp3) is 0.476. The number of amides is 1. The summed E-state index contributed by atoms with van der Waals surface area (Å²) in [6.07, 6.45) is 0.626. The van der Waals surface area contributed by atoms with Gasteiger partial charge in [0, 0.05) is 17.6 Å². The molecule has 1 amide bonds. The Morgan fingerprint density at radius 1 is 1.23 bits per heavy atom. The Morgan fingerprint density at radius 2 is 1.87 bits per heavy atom. The van der Waals surface area contributed by atoms with E-state index in [1.807, 2.05) is 32.9 Å². The second-order valence-electron chi connectivity index (χ2n) is 7.56. The monoisotopic (exact) mass is 480 g/mol. The molecule has 1 aromatic heterocycles. The lowest BCUT2D eigenvalue weighted by atomic mass is 10.2. The number of hydrogen-bond donors (Lipinski definition) is 2. The Balaban J connectivity index is 2.43. The quantitative estimate of drug-likeness (QED) is 0.572. The van der Waals surface area contributed by atoms with Crippen molar-refractivity contribution >= 4 is 33.3 Å². The molecule has 1 aromatic carbocycles. The average molecular weight is 481 g/mol. The molecule has 164 valence electrons. The number of anilines is 2. The molecule has 2 aromatic rings. The molecule has 1 heterocycles. The van der Waals surface area contributed by atoms with Crippen molar-refractivity contribution in [3.05, 3.63) is 49.6 Å². The third-order valence-electron chi connectivity index (χ3n) is 4.51. The summed E-state index contributed by atoms with van der Waals surface area (Å²) in [4.78, 5) is 41.8. The molecule has 0 saturated heterocycles. The number of benzene rings is 1. The maximum Gasteiger partial charge on any atom is 0.330 e. The van der Waals surface area contributed by atoms with E-state index in [0.29, 0.717) is 18.7 Å². The Bertz CT molecular complexity index is 982. The van der Waals surface area contributed by atoms with Crippen LogP contribution in [0.15, 0.2) is 38.3 Å². The lowest BCUT2D eigenvalue weighted by Crippen LogP contribution is -2.46. The number of nitrogen functional groups attached to an aromatic ring is 1. The first-order chi connectivity index (χ1) is 14.1. The second-order valence-corrected chi connectivity index (χ2v) is 8.47. The summed E-state index contributed by atoms with van der Waals surface area (Å²) in [6.45, 7) is 8.09. The summed E-state index contributed by atoms with van der Waals surface area (Å²) >= 11 is 3.36. The number of aromatic amines is 1. The van der Waals surface area contributed by atoms with Gasteiger partial charge in [-0.05, 0) is 43.5 Å². The van der Waals surface area contributed by atoms with Gasteiger partial charge in [0.25, 0.3) is 11.5 Å². The lowest BCUT2D eigenvalue weighted by Gasteiger charge is -2.27. The van der Waals surface area contributed by atoms with Crippen LogP contribution in [0.3, 0.4) is 0 Å². The fourth-order valence-electron chi connectivity index (χ4n) is 3.02. The van der Waals surface area contributed by atoms with Crippen molar-refractivity contribution < 1.29 is 9.53 Å². The van der Waals surface area contributed by atoms with E-state index in [0.717, 1.165) is 10.9 Å². The maximum atomic E-state index is 13.2. The van der Waals surface area contributed by atoms with Crippen LogP contribution in [0.25, 0.3) is 0 Å². The minimum Gasteiger partial charge on any atom is -0.481 e. The van der Waals surface area contributed by atoms with E-state index >= 15 is 0 Å². The zero-order valence-corrected chi connectivity index (χ0v) is 19.4. The molecule has 0 unspecified atom stereocenters. The van der Waals surface area contributed by atoms with Gasteiger partial charge in [-0.1, -0.05) is 43.1 Å². The number of nitrogens with two attached hydrogens (primary N) is 1. The number of aromatic nitrogens is 2. The third-order valence-corrected chi connectivity index (χ3v) is 5.04. The van der Waals surface area contributed by atoms with Gasteiger partial charge < -0.3 is 15.4 Å². The summed E-state index contributed by atoms with van der Waals surface area (Å²) in [6, 6.07) is 7.11. The fourth-order valence-corrected chi connectivity index (χ4v) is 3.28. The summed E-state index contributed by atoms with van der Waals surface area (Å²) < 4.78 is 7.97. The number of nitrogens with one attached hydrogen (secondary N) is 1. The molecular formula is C21H29BrN4O4. The molecule has 2 rings (SSSR count). The molecule has 0 aliphatic rings. The van der Waals surface area contributed by atoms with Crippen molar-refractivity contribution in [3.63, 3.8) is 0 Å². The molecule has 0 bridgehead atoms. The summed E-state index contributed by atoms with van der Waals surface area (Å²) in [5, 5.41) is 0. The molecule has 30 heavy (non-hydrogen) atoms. The smallest absolute Gasteiger partial charge is 0.330 e. The molecule has 0 fully saturated rings. The standard InChI is InChI=1S/C21H29BrN4O4/c1-5-6-11-25(20(28)14(4)30-16-9-7-15(22)8-10-16)17-18(23)26(12-13(2)3)21(29)24-19(17)27/h7-10,13-14H,5-6,11-12,23H2,1-4H3,(H,24,27,29)/t14-/m1/s1. The number of H-pyrrole nitrogens is 1. The topological polar surface area (TPSA) is 110 Å². The molecule has 0 saturated carbocycles. The van der Waals surface area contributed by atoms with Crippen LogP contribution in [0.4, 0.5) is 11.5 Å². The number of nitrogens with zero attached hydrogens (tertiary/aromatic N) is 2. The summed E-state index contributed by atoms with van der Waals surface area (Å²) in [5.74, 6) is 0.236. The van der Waals surface area contributed by atoms with Crippen molar-refractivity contribution in [3.8, 4) is 5.75 Å². The Morgan fingerprint density at radius 3 is 2.43 bits per heavy atom. The average Bonchev–Trinajstić information content (AvgIpc) is 2.68. The van der Waals surface area contributed by atoms with Crippen LogP contribution in [-0.2, 0) is 11.3 Å². The Kier molecular flexibility index (Phi) is 8.28. The minimum atomic E-state index is -0.854. The molecule has 9 heteroatoms. The lowest BCUT2D eigenvalue weighted by molar-refractivity contribution is -0.124. The van der Waals surface area contributed by atoms with Gasteiger partial charge in [0.2, 0.25) is 0 Å². The highest BCUT2D eigenvalue weighted by Crippen LogP contribution is 2.22. The van der Waals surface area contributed by atoms with Gasteiger partial charge in [-0.25, -0.2) is 4.79 Å². The first-order valence-electron chi connectivity index (χ1n) is 10.0. The van der Waals surface area contributed by atoms with Crippen molar-refractivity contribution in [1.29, 1.82) is 0 Å². The predicted octanol–water partition coefficient (Wildman–Crippen LogP) is 3.14. The van der Waals surface area contributed by atoms with Crippen molar-refractivity contribution in [2.45, 2.75) is 53.2 Å². The van der Waals surface area contributed by atoms with Crippen LogP contribution in [0.2, 0.25) is 0 Å². The molecule has 1 atom stereocenters. The van der Waals surface area contributed by atoms with E-state index in [2.05, 4.69) is 20.9 Å². The van der Waals surface area contributed by atoms with Gasteiger partial charge in [0.05, 0.1) is 0 Å². The van der Waals surface area contributed by atoms with Crippen molar-refractivity contribution in [1.82, 2.24) is 9.55 Å². The number of carbonyl (C=O) groups excluding carboxylic acids is 1. The summed E-state index contributed by atoms with van der Waals surface area (Å²) in [7, 11) is 0. The SMILES string of the molecule is CCCCN(C(=O)[C@@H](C)Oc1ccc(Br)cc1)c1c(N)n(CC(C)C)c(=O)[nH]c1=O. The molecule has 0 aliphatic carbocycles. The predicted molar refractivity (Wildman–Crippen MR) is 122 cm³/mol. The van der Waals surface area contributed by atoms with Crippen molar-refractivity contribution in [2.24, 2.45) is 5.92 Å². The third kappa shape index (κ3) is 5.75. The van der Waals surface area contributed by atoms with Gasteiger partial charge in [-0.3, -0.25) is 19.1 Å². The van der Waals surface area contributed by atoms with E-state index in [4.69, 9.17) is 10.5 Å². The summed E-state index contributed by atoms with van der Waals surface area (Å²) in [5.41, 5.74) is 4.93. The number of hydrogen-bond acceptors (Lipinski definition) is 5. The molecular weight excluding hydrogens is 452 g/mol. The van der Waals surface area contributed by atoms with E-state index in [9.17, 15) is 14.4 Å². The van der Waals surface area contributed by atoms with Crippen LogP contribution in [0.1, 0.15) is 40.5 Å². The zero-order valence-electron chi connectivity index (χ0n) is 17.8. The van der Waals surface area contributed by atoms with E-state index in [1.54, 1.807) is 19.1 Å². The highest BCUT2D eigenvalue weighted by Gasteiger charge is 2.28. The minimum absolute atomic E-state index is 0.0139. The van der Waals surface area contributed by atoms with Crippen molar-refractivity contribution in [2.75, 3.05) is 17.2 Å². The van der Waals surface area contributed by atoms with E-state index in [-0.39, 0.29) is 24.0 Å².